The van der Waals surface area contributed by atoms with Crippen molar-refractivity contribution < 1.29 is 22.4 Å². The highest BCUT2D eigenvalue weighted by atomic mass is 35.5. The van der Waals surface area contributed by atoms with Gasteiger partial charge in [0, 0.05) is 12.7 Å². The monoisotopic (exact) mass is 497 g/mol. The van der Waals surface area contributed by atoms with Crippen LogP contribution in [0.15, 0.2) is 53.5 Å². The Balaban J connectivity index is 1.82. The predicted molar refractivity (Wildman–Crippen MR) is 124 cm³/mol. The molecule has 0 saturated heterocycles. The molecule has 172 valence electrons. The lowest BCUT2D eigenvalue weighted by atomic mass is 10.2. The molecule has 0 unspecified atom stereocenters. The summed E-state index contributed by atoms with van der Waals surface area (Å²) in [6.45, 7) is 3.42. The molecule has 3 aromatic rings. The molecule has 2 amide bonds. The van der Waals surface area contributed by atoms with Crippen molar-refractivity contribution in [3.05, 3.63) is 69.6 Å². The summed E-state index contributed by atoms with van der Waals surface area (Å²) in [5.74, 6) is -0.193. The van der Waals surface area contributed by atoms with Crippen molar-refractivity contribution in [3.63, 3.8) is 0 Å². The fraction of sp³-hybridized carbons (Fsp3) is 0.0952. The van der Waals surface area contributed by atoms with Gasteiger partial charge in [0.1, 0.15) is 16.3 Å². The minimum absolute atomic E-state index is 0.111. The second-order valence-electron chi connectivity index (χ2n) is 6.71. The van der Waals surface area contributed by atoms with Gasteiger partial charge in [-0.25, -0.2) is 9.18 Å². The Labute approximate surface area is 195 Å². The van der Waals surface area contributed by atoms with Gasteiger partial charge in [-0.3, -0.25) is 4.99 Å². The first-order valence-corrected chi connectivity index (χ1v) is 9.96. The van der Waals surface area contributed by atoms with Crippen LogP contribution in [0.4, 0.5) is 50.9 Å². The third-order valence-electron chi connectivity index (χ3n) is 4.53. The molecule has 3 rings (SSSR count). The van der Waals surface area contributed by atoms with E-state index in [1.165, 1.54) is 12.1 Å². The number of rotatable bonds is 5. The van der Waals surface area contributed by atoms with Crippen LogP contribution in [0.5, 0.6) is 0 Å². The lowest BCUT2D eigenvalue weighted by molar-refractivity contribution is -0.137. The first-order chi connectivity index (χ1) is 15.5. The van der Waals surface area contributed by atoms with Crippen molar-refractivity contribution in [1.29, 1.82) is 0 Å². The number of H-pyrrole nitrogens is 1. The Bertz CT molecular complexity index is 1280. The molecule has 3 N–H and O–H groups in total. The number of benzene rings is 2. The highest BCUT2D eigenvalue weighted by Crippen LogP contribution is 2.34. The maximum Gasteiger partial charge on any atom is 0.416 e. The maximum atomic E-state index is 14.3. The number of aliphatic imine (C=N–C) groups is 1. The first-order valence-electron chi connectivity index (χ1n) is 9.17. The standard InChI is InChI=1S/C21H16ClF4N5OS/c1-27-15-7-8-18(30-19(15)33)31(2)12-4-6-14(23)17(10-12)29-20(32)28-16-9-11(21(24,25)26)3-5-13(16)22/h3-10H,1H2,2H3,(H,30,33)(H2,28,29,32). The number of carbonyl (C=O) groups excluding carboxylic acids is 1. The van der Waals surface area contributed by atoms with Crippen LogP contribution in [0.1, 0.15) is 5.56 Å². The summed E-state index contributed by atoms with van der Waals surface area (Å²) < 4.78 is 53.4. The number of pyridine rings is 1. The molecule has 12 heteroatoms. The van der Waals surface area contributed by atoms with E-state index in [9.17, 15) is 22.4 Å². The van der Waals surface area contributed by atoms with Gasteiger partial charge in [-0.05, 0) is 55.2 Å². The zero-order valence-corrected chi connectivity index (χ0v) is 18.5. The van der Waals surface area contributed by atoms with Crippen LogP contribution in [-0.2, 0) is 6.18 Å². The zero-order valence-electron chi connectivity index (χ0n) is 16.9. The van der Waals surface area contributed by atoms with Crippen LogP contribution >= 0.6 is 23.8 Å². The van der Waals surface area contributed by atoms with Gasteiger partial charge in [0.25, 0.3) is 0 Å². The summed E-state index contributed by atoms with van der Waals surface area (Å²) in [6, 6.07) is 8.80. The van der Waals surface area contributed by atoms with E-state index in [1.807, 2.05) is 0 Å². The quantitative estimate of drug-likeness (QED) is 0.197. The van der Waals surface area contributed by atoms with Gasteiger partial charge in [0.15, 0.2) is 0 Å². The highest BCUT2D eigenvalue weighted by molar-refractivity contribution is 7.71. The molecule has 0 saturated carbocycles. The first kappa shape index (κ1) is 24.2. The number of aromatic amines is 1. The van der Waals surface area contributed by atoms with Crippen LogP contribution in [0.2, 0.25) is 5.02 Å². The molecule has 0 spiro atoms. The number of alkyl halides is 3. The molecule has 2 aromatic carbocycles. The molecule has 1 aromatic heterocycles. The van der Waals surface area contributed by atoms with Crippen molar-refractivity contribution in [3.8, 4) is 0 Å². The second-order valence-corrected chi connectivity index (χ2v) is 7.53. The summed E-state index contributed by atoms with van der Waals surface area (Å²) in [5, 5.41) is 4.36. The molecular formula is C21H16ClF4N5OS. The molecule has 6 nitrogen and oxygen atoms in total. The lowest BCUT2D eigenvalue weighted by Gasteiger charge is -2.20. The largest absolute Gasteiger partial charge is 0.416 e. The van der Waals surface area contributed by atoms with Crippen molar-refractivity contribution in [2.24, 2.45) is 4.99 Å². The molecule has 0 radical (unpaired) electrons. The number of carbonyl (C=O) groups is 1. The van der Waals surface area contributed by atoms with Gasteiger partial charge in [0.2, 0.25) is 0 Å². The summed E-state index contributed by atoms with van der Waals surface area (Å²) in [7, 11) is 1.68. The Hall–Kier alpha value is -3.44. The summed E-state index contributed by atoms with van der Waals surface area (Å²) in [6.07, 6.45) is -4.62. The van der Waals surface area contributed by atoms with E-state index in [0.29, 0.717) is 27.9 Å². The van der Waals surface area contributed by atoms with Gasteiger partial charge in [-0.15, -0.1) is 0 Å². The average Bonchev–Trinajstić information content (AvgIpc) is 2.75. The number of aromatic nitrogens is 1. The van der Waals surface area contributed by atoms with Crippen LogP contribution in [0.25, 0.3) is 0 Å². The number of nitrogens with one attached hydrogen (secondary N) is 3. The molecule has 1 heterocycles. The van der Waals surface area contributed by atoms with Crippen LogP contribution in [-0.4, -0.2) is 24.8 Å². The third kappa shape index (κ3) is 5.68. The Kier molecular flexibility index (Phi) is 7.04. The van der Waals surface area contributed by atoms with Gasteiger partial charge >= 0.3 is 12.2 Å². The van der Waals surface area contributed by atoms with E-state index in [0.717, 1.165) is 18.2 Å². The van der Waals surface area contributed by atoms with E-state index < -0.39 is 23.6 Å². The van der Waals surface area contributed by atoms with Crippen LogP contribution in [0, 0.1) is 10.5 Å². The Morgan fingerprint density at radius 3 is 2.45 bits per heavy atom. The Morgan fingerprint density at radius 2 is 1.82 bits per heavy atom. The molecule has 0 aliphatic heterocycles. The fourth-order valence-electron chi connectivity index (χ4n) is 2.81. The third-order valence-corrected chi connectivity index (χ3v) is 5.17. The fourth-order valence-corrected chi connectivity index (χ4v) is 3.21. The molecule has 0 bridgehead atoms. The van der Waals surface area contributed by atoms with E-state index >= 15 is 0 Å². The zero-order chi connectivity index (χ0) is 24.3. The minimum atomic E-state index is -4.62. The molecule has 0 aliphatic carbocycles. The number of halogens is 5. The molecule has 0 aliphatic rings. The van der Waals surface area contributed by atoms with Crippen LogP contribution in [0.3, 0.4) is 0 Å². The molecule has 0 fully saturated rings. The van der Waals surface area contributed by atoms with Crippen molar-refractivity contribution in [2.45, 2.75) is 6.18 Å². The Morgan fingerprint density at radius 1 is 1.12 bits per heavy atom. The SMILES string of the molecule is C=Nc1ccc(N(C)c2ccc(F)c(NC(=O)Nc3cc(C(F)(F)F)ccc3Cl)c2)[nH]c1=S. The predicted octanol–water partition coefficient (Wildman–Crippen LogP) is 7.30. The topological polar surface area (TPSA) is 72.5 Å². The average molecular weight is 498 g/mol. The maximum absolute atomic E-state index is 14.3. The molecular weight excluding hydrogens is 482 g/mol. The lowest BCUT2D eigenvalue weighted by Crippen LogP contribution is -2.21. The van der Waals surface area contributed by atoms with Gasteiger partial charge < -0.3 is 20.5 Å². The van der Waals surface area contributed by atoms with E-state index in [1.54, 1.807) is 24.1 Å². The van der Waals surface area contributed by atoms with Crippen molar-refractivity contribution in [2.75, 3.05) is 22.6 Å². The number of anilines is 4. The number of amides is 2. The van der Waals surface area contributed by atoms with Crippen molar-refractivity contribution in [1.82, 2.24) is 4.98 Å². The number of nitrogens with zero attached hydrogens (tertiary/aromatic N) is 2. The number of hydrogen-bond acceptors (Lipinski definition) is 4. The van der Waals surface area contributed by atoms with Gasteiger partial charge in [-0.1, -0.05) is 23.8 Å². The van der Waals surface area contributed by atoms with E-state index in [2.05, 4.69) is 27.3 Å². The number of urea groups is 1. The molecule has 33 heavy (non-hydrogen) atoms. The number of hydrogen-bond donors (Lipinski definition) is 3. The van der Waals surface area contributed by atoms with Crippen LogP contribution < -0.4 is 15.5 Å². The second kappa shape index (κ2) is 9.59. The smallest absolute Gasteiger partial charge is 0.331 e. The summed E-state index contributed by atoms with van der Waals surface area (Å²) >= 11 is 11.1. The molecule has 0 atom stereocenters. The van der Waals surface area contributed by atoms with Gasteiger partial charge in [-0.2, -0.15) is 13.2 Å². The summed E-state index contributed by atoms with van der Waals surface area (Å²) in [4.78, 5) is 20.7. The van der Waals surface area contributed by atoms with Crippen molar-refractivity contribution >= 4 is 65.1 Å². The summed E-state index contributed by atoms with van der Waals surface area (Å²) in [5.41, 5.74) is -0.501. The minimum Gasteiger partial charge on any atom is -0.331 e. The van der Waals surface area contributed by atoms with E-state index in [-0.39, 0.29) is 16.4 Å². The van der Waals surface area contributed by atoms with Gasteiger partial charge in [0.05, 0.1) is 27.6 Å². The normalized spacial score (nSPS) is 11.1. The highest BCUT2D eigenvalue weighted by Gasteiger charge is 2.31. The van der Waals surface area contributed by atoms with E-state index in [4.69, 9.17) is 23.8 Å².